The Morgan fingerprint density at radius 3 is 2.71 bits per heavy atom. The minimum atomic E-state index is -0.187. The molecule has 118 valence electrons. The number of fused-ring (bicyclic) bond motifs is 1. The van der Waals surface area contributed by atoms with E-state index >= 15 is 0 Å². The monoisotopic (exact) mass is 317 g/mol. The third-order valence-corrected chi connectivity index (χ3v) is 4.04. The van der Waals surface area contributed by atoms with Crippen molar-refractivity contribution < 1.29 is 5.11 Å². The zero-order chi connectivity index (χ0) is 16.5. The number of nitrogens with zero attached hydrogens (tertiary/aromatic N) is 2. The fourth-order valence-electron chi connectivity index (χ4n) is 2.91. The number of aliphatic hydroxyl groups is 1. The smallest absolute Gasteiger partial charge is 0.275 e. The molecule has 2 heterocycles. The topological polar surface area (TPSA) is 70.9 Å². The molecule has 0 aliphatic heterocycles. The van der Waals surface area contributed by atoms with Gasteiger partial charge >= 0.3 is 0 Å². The maximum atomic E-state index is 12.4. The predicted octanol–water partition coefficient (Wildman–Crippen LogP) is 2.87. The van der Waals surface area contributed by atoms with Crippen LogP contribution >= 0.6 is 0 Å². The van der Waals surface area contributed by atoms with Crippen LogP contribution < -0.4 is 5.56 Å². The van der Waals surface area contributed by atoms with E-state index in [1.165, 1.54) is 6.33 Å². The molecule has 0 amide bonds. The Morgan fingerprint density at radius 1 is 1.08 bits per heavy atom. The van der Waals surface area contributed by atoms with Gasteiger partial charge in [0.05, 0.1) is 12.9 Å². The van der Waals surface area contributed by atoms with Gasteiger partial charge in [-0.2, -0.15) is 0 Å². The van der Waals surface area contributed by atoms with Crippen LogP contribution in [0.5, 0.6) is 0 Å². The minimum Gasteiger partial charge on any atom is -0.392 e. The van der Waals surface area contributed by atoms with E-state index in [0.717, 1.165) is 22.4 Å². The molecule has 0 saturated carbocycles. The SMILES string of the molecule is O=c1[nH]cnc2c(-c3cccc(CO)c3)cn(-c3ccccc3)c12. The molecular formula is C19H15N3O2. The lowest BCUT2D eigenvalue weighted by atomic mass is 10.1. The first-order chi connectivity index (χ1) is 11.8. The van der Waals surface area contributed by atoms with Gasteiger partial charge in [-0.3, -0.25) is 4.79 Å². The van der Waals surface area contributed by atoms with Gasteiger partial charge in [0, 0.05) is 17.4 Å². The normalized spacial score (nSPS) is 11.0. The molecule has 2 aromatic carbocycles. The number of benzene rings is 2. The quantitative estimate of drug-likeness (QED) is 0.610. The Kier molecular flexibility index (Phi) is 3.48. The van der Waals surface area contributed by atoms with Gasteiger partial charge in [-0.1, -0.05) is 36.4 Å². The van der Waals surface area contributed by atoms with Crippen molar-refractivity contribution in [3.8, 4) is 16.8 Å². The number of aromatic nitrogens is 3. The number of para-hydroxylation sites is 1. The van der Waals surface area contributed by atoms with E-state index < -0.39 is 0 Å². The van der Waals surface area contributed by atoms with E-state index in [4.69, 9.17) is 0 Å². The molecule has 0 aliphatic carbocycles. The van der Waals surface area contributed by atoms with E-state index in [9.17, 15) is 9.90 Å². The Hall–Kier alpha value is -3.18. The lowest BCUT2D eigenvalue weighted by Gasteiger charge is -2.03. The van der Waals surface area contributed by atoms with Crippen LogP contribution in [0.3, 0.4) is 0 Å². The van der Waals surface area contributed by atoms with Gasteiger partial charge < -0.3 is 14.7 Å². The van der Waals surface area contributed by atoms with Gasteiger partial charge in [0.2, 0.25) is 0 Å². The Labute approximate surface area is 137 Å². The molecular weight excluding hydrogens is 302 g/mol. The van der Waals surface area contributed by atoms with E-state index in [-0.39, 0.29) is 12.2 Å². The van der Waals surface area contributed by atoms with Crippen molar-refractivity contribution in [1.82, 2.24) is 14.5 Å². The van der Waals surface area contributed by atoms with Crippen molar-refractivity contribution in [3.05, 3.63) is 83.0 Å². The first-order valence-electron chi connectivity index (χ1n) is 7.62. The van der Waals surface area contributed by atoms with Crippen molar-refractivity contribution in [1.29, 1.82) is 0 Å². The van der Waals surface area contributed by atoms with E-state index in [1.54, 1.807) is 0 Å². The molecule has 5 nitrogen and oxygen atoms in total. The van der Waals surface area contributed by atoms with Gasteiger partial charge in [-0.25, -0.2) is 4.98 Å². The summed E-state index contributed by atoms with van der Waals surface area (Å²) in [6.07, 6.45) is 3.33. The highest BCUT2D eigenvalue weighted by atomic mass is 16.3. The summed E-state index contributed by atoms with van der Waals surface area (Å²) in [6.45, 7) is -0.0286. The summed E-state index contributed by atoms with van der Waals surface area (Å²) >= 11 is 0. The van der Waals surface area contributed by atoms with E-state index in [2.05, 4.69) is 9.97 Å². The number of aliphatic hydroxyl groups excluding tert-OH is 1. The van der Waals surface area contributed by atoms with Crippen molar-refractivity contribution in [2.24, 2.45) is 0 Å². The van der Waals surface area contributed by atoms with Crippen LogP contribution in [0.1, 0.15) is 5.56 Å². The van der Waals surface area contributed by atoms with Crippen LogP contribution in [-0.2, 0) is 6.61 Å². The molecule has 2 N–H and O–H groups in total. The van der Waals surface area contributed by atoms with Crippen LogP contribution in [0.25, 0.3) is 27.8 Å². The third kappa shape index (κ3) is 2.31. The molecule has 0 saturated heterocycles. The lowest BCUT2D eigenvalue weighted by molar-refractivity contribution is 0.282. The summed E-state index contributed by atoms with van der Waals surface area (Å²) in [5.41, 5.74) is 4.44. The molecule has 0 aliphatic rings. The van der Waals surface area contributed by atoms with Crippen molar-refractivity contribution in [2.75, 3.05) is 0 Å². The Morgan fingerprint density at radius 2 is 1.92 bits per heavy atom. The van der Waals surface area contributed by atoms with Crippen LogP contribution in [-0.4, -0.2) is 19.6 Å². The minimum absolute atomic E-state index is 0.0286. The van der Waals surface area contributed by atoms with Gasteiger partial charge in [-0.05, 0) is 29.3 Å². The van der Waals surface area contributed by atoms with E-state index in [0.29, 0.717) is 11.0 Å². The second kappa shape index (κ2) is 5.79. The first kappa shape index (κ1) is 14.4. The van der Waals surface area contributed by atoms with Gasteiger partial charge in [0.15, 0.2) is 0 Å². The maximum absolute atomic E-state index is 12.4. The van der Waals surface area contributed by atoms with Crippen LogP contribution in [0.15, 0.2) is 71.9 Å². The van der Waals surface area contributed by atoms with Crippen LogP contribution in [0.2, 0.25) is 0 Å². The van der Waals surface area contributed by atoms with Gasteiger partial charge in [0.25, 0.3) is 5.56 Å². The average molecular weight is 317 g/mol. The van der Waals surface area contributed by atoms with Crippen molar-refractivity contribution >= 4 is 11.0 Å². The number of hydrogen-bond donors (Lipinski definition) is 2. The molecule has 0 fully saturated rings. The molecule has 24 heavy (non-hydrogen) atoms. The zero-order valence-electron chi connectivity index (χ0n) is 12.8. The Balaban J connectivity index is 2.04. The molecule has 2 aromatic heterocycles. The zero-order valence-corrected chi connectivity index (χ0v) is 12.8. The first-order valence-corrected chi connectivity index (χ1v) is 7.62. The van der Waals surface area contributed by atoms with Gasteiger partial charge in [-0.15, -0.1) is 0 Å². The second-order valence-electron chi connectivity index (χ2n) is 5.54. The summed E-state index contributed by atoms with van der Waals surface area (Å²) in [4.78, 5) is 19.4. The summed E-state index contributed by atoms with van der Waals surface area (Å²) in [7, 11) is 0. The molecule has 0 unspecified atom stereocenters. The van der Waals surface area contributed by atoms with Gasteiger partial charge in [0.1, 0.15) is 11.0 Å². The fraction of sp³-hybridized carbons (Fsp3) is 0.0526. The Bertz CT molecular complexity index is 1060. The number of nitrogens with one attached hydrogen (secondary N) is 1. The summed E-state index contributed by atoms with van der Waals surface area (Å²) in [6, 6.07) is 17.3. The highest BCUT2D eigenvalue weighted by Crippen LogP contribution is 2.30. The number of rotatable bonds is 3. The molecule has 5 heteroatoms. The van der Waals surface area contributed by atoms with Crippen molar-refractivity contribution in [3.63, 3.8) is 0 Å². The standard InChI is InChI=1S/C19H15N3O2/c23-11-13-5-4-6-14(9-13)16-10-22(15-7-2-1-3-8-15)18-17(16)20-12-21-19(18)24/h1-10,12,23H,11H2,(H,20,21,24). The van der Waals surface area contributed by atoms with E-state index in [1.807, 2.05) is 65.4 Å². The number of hydrogen-bond acceptors (Lipinski definition) is 3. The second-order valence-corrected chi connectivity index (χ2v) is 5.54. The van der Waals surface area contributed by atoms with Crippen LogP contribution in [0, 0.1) is 0 Å². The summed E-state index contributed by atoms with van der Waals surface area (Å²) in [5, 5.41) is 9.37. The average Bonchev–Trinajstić information content (AvgIpc) is 3.04. The lowest BCUT2D eigenvalue weighted by Crippen LogP contribution is -2.09. The molecule has 4 aromatic rings. The highest BCUT2D eigenvalue weighted by molar-refractivity contribution is 5.93. The predicted molar refractivity (Wildman–Crippen MR) is 93.0 cm³/mol. The molecule has 0 atom stereocenters. The molecule has 0 bridgehead atoms. The summed E-state index contributed by atoms with van der Waals surface area (Å²) in [5.74, 6) is 0. The van der Waals surface area contributed by atoms with Crippen molar-refractivity contribution in [2.45, 2.75) is 6.61 Å². The summed E-state index contributed by atoms with van der Waals surface area (Å²) < 4.78 is 1.85. The molecule has 4 rings (SSSR count). The number of H-pyrrole nitrogens is 1. The fourth-order valence-corrected chi connectivity index (χ4v) is 2.91. The maximum Gasteiger partial charge on any atom is 0.275 e. The molecule has 0 radical (unpaired) electrons. The van der Waals surface area contributed by atoms with Crippen LogP contribution in [0.4, 0.5) is 0 Å². The third-order valence-electron chi connectivity index (χ3n) is 4.04. The number of aromatic amines is 1. The largest absolute Gasteiger partial charge is 0.392 e. The molecule has 0 spiro atoms. The highest BCUT2D eigenvalue weighted by Gasteiger charge is 2.15.